The molecule has 5 nitrogen and oxygen atoms in total. The van der Waals surface area contributed by atoms with Crippen molar-refractivity contribution >= 4 is 17.2 Å². The van der Waals surface area contributed by atoms with Crippen molar-refractivity contribution in [3.05, 3.63) is 75.6 Å². The Bertz CT molecular complexity index is 895. The molecule has 0 saturated carbocycles. The first-order valence-electron chi connectivity index (χ1n) is 7.02. The highest BCUT2D eigenvalue weighted by Gasteiger charge is 2.37. The van der Waals surface area contributed by atoms with E-state index in [2.05, 4.69) is 11.1 Å². The van der Waals surface area contributed by atoms with Gasteiger partial charge in [0, 0.05) is 11.9 Å². The molecule has 0 bridgehead atoms. The van der Waals surface area contributed by atoms with E-state index < -0.39 is 0 Å². The van der Waals surface area contributed by atoms with Crippen molar-refractivity contribution in [2.45, 2.75) is 12.6 Å². The predicted molar refractivity (Wildman–Crippen MR) is 83.7 cm³/mol. The fourth-order valence-corrected chi connectivity index (χ4v) is 3.56. The molecule has 1 amide bonds. The topological polar surface area (TPSA) is 70.1 Å². The van der Waals surface area contributed by atoms with Crippen LogP contribution >= 0.6 is 11.3 Å². The summed E-state index contributed by atoms with van der Waals surface area (Å²) < 4.78 is 5.46. The summed E-state index contributed by atoms with van der Waals surface area (Å²) in [5.41, 5.74) is 3.19. The number of fused-ring (bicyclic) bond motifs is 1. The lowest BCUT2D eigenvalue weighted by Crippen LogP contribution is -2.29. The molecule has 3 aromatic rings. The smallest absolute Gasteiger partial charge is 0.255 e. The van der Waals surface area contributed by atoms with Gasteiger partial charge in [-0.1, -0.05) is 6.07 Å². The molecule has 0 fully saturated rings. The molecule has 0 saturated heterocycles. The molecule has 4 rings (SSSR count). The van der Waals surface area contributed by atoms with Gasteiger partial charge in [-0.05, 0) is 34.7 Å². The summed E-state index contributed by atoms with van der Waals surface area (Å²) in [4.78, 5) is 18.6. The molecular weight excluding hydrogens is 310 g/mol. The third-order valence-electron chi connectivity index (χ3n) is 3.97. The van der Waals surface area contributed by atoms with Gasteiger partial charge in [0.25, 0.3) is 5.91 Å². The van der Waals surface area contributed by atoms with E-state index in [1.165, 1.54) is 17.7 Å². The van der Waals surface area contributed by atoms with Crippen LogP contribution in [0.1, 0.15) is 38.9 Å². The van der Waals surface area contributed by atoms with Gasteiger partial charge in [-0.25, -0.2) is 4.98 Å². The Balaban J connectivity index is 1.80. The highest BCUT2D eigenvalue weighted by molar-refractivity contribution is 7.08. The van der Waals surface area contributed by atoms with Crippen LogP contribution in [0, 0.1) is 11.3 Å². The second kappa shape index (κ2) is 5.38. The van der Waals surface area contributed by atoms with E-state index in [-0.39, 0.29) is 11.9 Å². The maximum atomic E-state index is 12.8. The number of oxazole rings is 1. The zero-order chi connectivity index (χ0) is 15.8. The third kappa shape index (κ3) is 2.22. The molecule has 1 aliphatic heterocycles. The van der Waals surface area contributed by atoms with Crippen LogP contribution in [-0.4, -0.2) is 15.8 Å². The number of amides is 1. The van der Waals surface area contributed by atoms with E-state index in [0.717, 1.165) is 11.1 Å². The quantitative estimate of drug-likeness (QED) is 0.725. The molecule has 0 N–H and O–H groups in total. The van der Waals surface area contributed by atoms with Gasteiger partial charge >= 0.3 is 0 Å². The summed E-state index contributed by atoms with van der Waals surface area (Å²) in [5, 5.41) is 12.8. The van der Waals surface area contributed by atoms with Gasteiger partial charge in [0.2, 0.25) is 0 Å². The average Bonchev–Trinajstić information content (AvgIpc) is 3.31. The third-order valence-corrected chi connectivity index (χ3v) is 4.65. The van der Waals surface area contributed by atoms with Gasteiger partial charge in [0.1, 0.15) is 6.04 Å². The lowest BCUT2D eigenvalue weighted by molar-refractivity contribution is 0.0704. The summed E-state index contributed by atoms with van der Waals surface area (Å²) in [5.74, 6) is 0.569. The number of thiophene rings is 1. The largest absolute Gasteiger partial charge is 0.446 e. The number of benzene rings is 1. The van der Waals surface area contributed by atoms with Crippen molar-refractivity contribution in [1.82, 2.24) is 9.88 Å². The van der Waals surface area contributed by atoms with Gasteiger partial charge in [0.15, 0.2) is 12.2 Å². The number of nitriles is 1. The van der Waals surface area contributed by atoms with Crippen LogP contribution in [0.25, 0.3) is 0 Å². The molecule has 1 aromatic carbocycles. The van der Waals surface area contributed by atoms with E-state index in [1.54, 1.807) is 17.2 Å². The molecule has 6 heteroatoms. The van der Waals surface area contributed by atoms with Gasteiger partial charge in [0.05, 0.1) is 23.4 Å². The molecule has 0 aliphatic carbocycles. The van der Waals surface area contributed by atoms with E-state index in [0.29, 0.717) is 23.4 Å². The van der Waals surface area contributed by atoms with Crippen molar-refractivity contribution in [3.63, 3.8) is 0 Å². The number of carbonyl (C=O) groups excluding carboxylic acids is 1. The van der Waals surface area contributed by atoms with Crippen LogP contribution in [0.2, 0.25) is 0 Å². The molecule has 0 spiro atoms. The highest BCUT2D eigenvalue weighted by Crippen LogP contribution is 2.39. The summed E-state index contributed by atoms with van der Waals surface area (Å²) in [6.07, 6.45) is 3.00. The van der Waals surface area contributed by atoms with Gasteiger partial charge < -0.3 is 9.32 Å². The number of rotatable bonds is 2. The normalized spacial score (nSPS) is 16.1. The van der Waals surface area contributed by atoms with Crippen LogP contribution in [0.15, 0.2) is 52.0 Å². The van der Waals surface area contributed by atoms with Gasteiger partial charge in [-0.15, -0.1) is 0 Å². The first-order chi connectivity index (χ1) is 11.3. The Labute approximate surface area is 136 Å². The summed E-state index contributed by atoms with van der Waals surface area (Å²) in [7, 11) is 0. The molecule has 112 valence electrons. The van der Waals surface area contributed by atoms with Crippen molar-refractivity contribution in [3.8, 4) is 6.07 Å². The van der Waals surface area contributed by atoms with Crippen molar-refractivity contribution in [2.75, 3.05) is 0 Å². The van der Waals surface area contributed by atoms with Crippen LogP contribution in [0.4, 0.5) is 0 Å². The molecule has 0 unspecified atom stereocenters. The Kier molecular flexibility index (Phi) is 3.21. The Hall–Kier alpha value is -2.91. The van der Waals surface area contributed by atoms with Crippen LogP contribution in [0.5, 0.6) is 0 Å². The average molecular weight is 321 g/mol. The zero-order valence-corrected chi connectivity index (χ0v) is 12.8. The minimum atomic E-state index is -0.312. The highest BCUT2D eigenvalue weighted by atomic mass is 32.1. The number of hydrogen-bond donors (Lipinski definition) is 0. The van der Waals surface area contributed by atoms with Gasteiger partial charge in [-0.3, -0.25) is 4.79 Å². The minimum Gasteiger partial charge on any atom is -0.446 e. The maximum absolute atomic E-state index is 12.8. The molecule has 2 aromatic heterocycles. The molecular formula is C17H11N3O2S. The summed E-state index contributed by atoms with van der Waals surface area (Å²) in [6, 6.07) is 9.13. The Morgan fingerprint density at radius 2 is 2.35 bits per heavy atom. The molecule has 0 radical (unpaired) electrons. The van der Waals surface area contributed by atoms with Crippen molar-refractivity contribution < 1.29 is 9.21 Å². The molecule has 3 heterocycles. The monoisotopic (exact) mass is 321 g/mol. The van der Waals surface area contributed by atoms with E-state index in [1.807, 2.05) is 29.0 Å². The SMILES string of the molecule is N#Cc1ccc2c(c1)CN(C(=O)c1ccsc1)[C@H]2c1cnco1. The summed E-state index contributed by atoms with van der Waals surface area (Å²) >= 11 is 1.49. The van der Waals surface area contributed by atoms with Crippen LogP contribution in [0.3, 0.4) is 0 Å². The standard InChI is InChI=1S/C17H11N3O2S/c18-6-11-1-2-14-13(5-11)8-20(16(14)15-7-19-10-22-15)17(21)12-3-4-23-9-12/h1-5,7,9-10,16H,8H2/t16-/m1/s1. The molecule has 23 heavy (non-hydrogen) atoms. The minimum absolute atomic E-state index is 0.0534. The lowest BCUT2D eigenvalue weighted by atomic mass is 10.0. The van der Waals surface area contributed by atoms with Crippen molar-refractivity contribution in [2.24, 2.45) is 0 Å². The van der Waals surface area contributed by atoms with E-state index >= 15 is 0 Å². The number of aromatic nitrogens is 1. The number of nitrogens with zero attached hydrogens (tertiary/aromatic N) is 3. The number of hydrogen-bond acceptors (Lipinski definition) is 5. The fraction of sp³-hybridized carbons (Fsp3) is 0.118. The van der Waals surface area contributed by atoms with Crippen molar-refractivity contribution in [1.29, 1.82) is 5.26 Å². The Morgan fingerprint density at radius 3 is 3.04 bits per heavy atom. The second-order valence-electron chi connectivity index (χ2n) is 5.28. The zero-order valence-electron chi connectivity index (χ0n) is 12.0. The van der Waals surface area contributed by atoms with Crippen LogP contribution in [-0.2, 0) is 6.54 Å². The van der Waals surface area contributed by atoms with Gasteiger partial charge in [-0.2, -0.15) is 16.6 Å². The van der Waals surface area contributed by atoms with Crippen LogP contribution < -0.4 is 0 Å². The molecule has 1 aliphatic rings. The lowest BCUT2D eigenvalue weighted by Gasteiger charge is -2.23. The predicted octanol–water partition coefficient (Wildman–Crippen LogP) is 3.35. The second-order valence-corrected chi connectivity index (χ2v) is 6.06. The fourth-order valence-electron chi connectivity index (χ4n) is 2.93. The molecule has 1 atom stereocenters. The Morgan fingerprint density at radius 1 is 1.43 bits per heavy atom. The van der Waals surface area contributed by atoms with E-state index in [4.69, 9.17) is 9.68 Å². The first kappa shape index (κ1) is 13.7. The number of carbonyl (C=O) groups is 1. The van der Waals surface area contributed by atoms with E-state index in [9.17, 15) is 4.79 Å². The summed E-state index contributed by atoms with van der Waals surface area (Å²) in [6.45, 7) is 0.449. The first-order valence-corrected chi connectivity index (χ1v) is 7.96. The maximum Gasteiger partial charge on any atom is 0.255 e.